The van der Waals surface area contributed by atoms with Crippen LogP contribution in [0.5, 0.6) is 0 Å². The quantitative estimate of drug-likeness (QED) is 0.610. The van der Waals surface area contributed by atoms with Crippen molar-refractivity contribution in [3.63, 3.8) is 0 Å². The first-order chi connectivity index (χ1) is 13.5. The molecule has 0 fully saturated rings. The van der Waals surface area contributed by atoms with Gasteiger partial charge in [0.1, 0.15) is 11.6 Å². The molecule has 142 valence electrons. The van der Waals surface area contributed by atoms with E-state index in [2.05, 4.69) is 20.4 Å². The van der Waals surface area contributed by atoms with Gasteiger partial charge in [0.05, 0.1) is 23.4 Å². The van der Waals surface area contributed by atoms with Crippen LogP contribution in [0.2, 0.25) is 5.02 Å². The van der Waals surface area contributed by atoms with Gasteiger partial charge in [-0.25, -0.2) is 14.2 Å². The SMILES string of the molecule is COC(=O)c1ccc(Cl)c(NC(=O)c2ccnc(Nc3cccc(F)c3)c2)c1. The number of halogens is 2. The van der Waals surface area contributed by atoms with Gasteiger partial charge in [0.25, 0.3) is 5.91 Å². The molecule has 3 rings (SSSR count). The topological polar surface area (TPSA) is 80.3 Å². The van der Waals surface area contributed by atoms with Gasteiger partial charge in [-0.2, -0.15) is 0 Å². The third kappa shape index (κ3) is 4.63. The molecule has 8 heteroatoms. The number of ether oxygens (including phenoxy) is 1. The number of nitrogens with one attached hydrogen (secondary N) is 2. The van der Waals surface area contributed by atoms with Crippen molar-refractivity contribution in [1.82, 2.24) is 4.98 Å². The number of pyridine rings is 1. The van der Waals surface area contributed by atoms with E-state index in [9.17, 15) is 14.0 Å². The fourth-order valence-electron chi connectivity index (χ4n) is 2.41. The van der Waals surface area contributed by atoms with Crippen LogP contribution in [0.25, 0.3) is 0 Å². The molecule has 2 N–H and O–H groups in total. The molecule has 6 nitrogen and oxygen atoms in total. The zero-order chi connectivity index (χ0) is 20.1. The Bertz CT molecular complexity index is 1040. The van der Waals surface area contributed by atoms with Crippen molar-refractivity contribution in [2.24, 2.45) is 0 Å². The second-order valence-corrected chi connectivity index (χ2v) is 6.11. The molecule has 1 heterocycles. The normalized spacial score (nSPS) is 10.2. The van der Waals surface area contributed by atoms with Crippen molar-refractivity contribution in [3.8, 4) is 0 Å². The Morgan fingerprint density at radius 1 is 1.07 bits per heavy atom. The first-order valence-corrected chi connectivity index (χ1v) is 8.52. The lowest BCUT2D eigenvalue weighted by atomic mass is 10.2. The summed E-state index contributed by atoms with van der Waals surface area (Å²) in [5.74, 6) is -1.02. The highest BCUT2D eigenvalue weighted by molar-refractivity contribution is 6.34. The third-order valence-corrected chi connectivity index (χ3v) is 4.08. The van der Waals surface area contributed by atoms with Gasteiger partial charge in [0.15, 0.2) is 0 Å². The number of rotatable bonds is 5. The van der Waals surface area contributed by atoms with E-state index < -0.39 is 11.9 Å². The molecule has 28 heavy (non-hydrogen) atoms. The van der Waals surface area contributed by atoms with Gasteiger partial charge in [-0.15, -0.1) is 0 Å². The summed E-state index contributed by atoms with van der Waals surface area (Å²) >= 11 is 6.10. The minimum absolute atomic E-state index is 0.255. The fourth-order valence-corrected chi connectivity index (χ4v) is 2.58. The van der Waals surface area contributed by atoms with E-state index in [0.717, 1.165) is 0 Å². The summed E-state index contributed by atoms with van der Waals surface area (Å²) < 4.78 is 18.0. The standard InChI is InChI=1S/C20H15ClFN3O3/c1-28-20(27)13-5-6-16(21)17(9-13)25-19(26)12-7-8-23-18(10-12)24-15-4-2-3-14(22)11-15/h2-11H,1H3,(H,23,24)(H,25,26). The van der Waals surface area contributed by atoms with Crippen molar-refractivity contribution in [3.05, 3.63) is 82.8 Å². The number of benzene rings is 2. The third-order valence-electron chi connectivity index (χ3n) is 3.75. The molecule has 0 aliphatic heterocycles. The van der Waals surface area contributed by atoms with Crippen molar-refractivity contribution in [2.75, 3.05) is 17.7 Å². The van der Waals surface area contributed by atoms with E-state index in [1.807, 2.05) is 0 Å². The molecule has 3 aromatic rings. The molecule has 0 spiro atoms. The number of carbonyl (C=O) groups is 2. The van der Waals surface area contributed by atoms with Crippen LogP contribution >= 0.6 is 11.6 Å². The van der Waals surface area contributed by atoms with Crippen LogP contribution in [0.15, 0.2) is 60.8 Å². The van der Waals surface area contributed by atoms with E-state index in [0.29, 0.717) is 17.1 Å². The Morgan fingerprint density at radius 2 is 1.89 bits per heavy atom. The first kappa shape index (κ1) is 19.3. The number of aromatic nitrogens is 1. The van der Waals surface area contributed by atoms with Crippen LogP contribution in [-0.4, -0.2) is 24.0 Å². The molecule has 2 aromatic carbocycles. The number of hydrogen-bond acceptors (Lipinski definition) is 5. The Hall–Kier alpha value is -3.45. The summed E-state index contributed by atoms with van der Waals surface area (Å²) in [5.41, 5.74) is 1.32. The number of carbonyl (C=O) groups excluding carboxylic acids is 2. The van der Waals surface area contributed by atoms with Crippen LogP contribution in [-0.2, 0) is 4.74 Å². The van der Waals surface area contributed by atoms with Crippen molar-refractivity contribution in [2.45, 2.75) is 0 Å². The highest BCUT2D eigenvalue weighted by Gasteiger charge is 2.13. The van der Waals surface area contributed by atoms with Crippen molar-refractivity contribution < 1.29 is 18.7 Å². The number of methoxy groups -OCH3 is 1. The second kappa shape index (κ2) is 8.49. The number of amides is 1. The minimum atomic E-state index is -0.544. The van der Waals surface area contributed by atoms with Crippen molar-refractivity contribution >= 4 is 40.7 Å². The van der Waals surface area contributed by atoms with E-state index >= 15 is 0 Å². The largest absolute Gasteiger partial charge is 0.465 e. The lowest BCUT2D eigenvalue weighted by Gasteiger charge is -2.10. The summed E-state index contributed by atoms with van der Waals surface area (Å²) in [4.78, 5) is 28.3. The van der Waals surface area contributed by atoms with Gasteiger partial charge in [-0.05, 0) is 48.5 Å². The molecule has 1 aromatic heterocycles. The van der Waals surface area contributed by atoms with Crippen LogP contribution in [0.3, 0.4) is 0 Å². The molecule has 1 amide bonds. The molecule has 0 aliphatic carbocycles. The predicted molar refractivity (Wildman–Crippen MR) is 105 cm³/mol. The second-order valence-electron chi connectivity index (χ2n) is 5.71. The zero-order valence-corrected chi connectivity index (χ0v) is 15.5. The summed E-state index contributed by atoms with van der Waals surface area (Å²) in [6.45, 7) is 0. The maximum atomic E-state index is 13.3. The Labute approximate surface area is 165 Å². The summed E-state index contributed by atoms with van der Waals surface area (Å²) in [6.07, 6.45) is 1.45. The molecular formula is C20H15ClFN3O3. The molecule has 0 aliphatic rings. The monoisotopic (exact) mass is 399 g/mol. The minimum Gasteiger partial charge on any atom is -0.465 e. The maximum absolute atomic E-state index is 13.3. The summed E-state index contributed by atoms with van der Waals surface area (Å²) in [7, 11) is 1.26. The molecule has 0 saturated heterocycles. The number of esters is 1. The van der Waals surface area contributed by atoms with Gasteiger partial charge in [0, 0.05) is 17.4 Å². The van der Waals surface area contributed by atoms with E-state index in [1.165, 1.54) is 55.8 Å². The van der Waals surface area contributed by atoms with Crippen LogP contribution < -0.4 is 10.6 Å². The lowest BCUT2D eigenvalue weighted by molar-refractivity contribution is 0.0600. The van der Waals surface area contributed by atoms with E-state index in [1.54, 1.807) is 12.1 Å². The Morgan fingerprint density at radius 3 is 2.64 bits per heavy atom. The average molecular weight is 400 g/mol. The number of nitrogens with zero attached hydrogens (tertiary/aromatic N) is 1. The van der Waals surface area contributed by atoms with Crippen LogP contribution in [0.1, 0.15) is 20.7 Å². The Kier molecular flexibility index (Phi) is 5.86. The van der Waals surface area contributed by atoms with Gasteiger partial charge in [-0.3, -0.25) is 4.79 Å². The molecule has 0 atom stereocenters. The highest BCUT2D eigenvalue weighted by Crippen LogP contribution is 2.24. The molecule has 0 unspecified atom stereocenters. The Balaban J connectivity index is 1.79. The van der Waals surface area contributed by atoms with Gasteiger partial charge >= 0.3 is 5.97 Å². The first-order valence-electron chi connectivity index (χ1n) is 8.14. The zero-order valence-electron chi connectivity index (χ0n) is 14.7. The summed E-state index contributed by atoms with van der Waals surface area (Å²) in [5, 5.41) is 5.85. The van der Waals surface area contributed by atoms with Crippen LogP contribution in [0, 0.1) is 5.82 Å². The molecule has 0 radical (unpaired) electrons. The van der Waals surface area contributed by atoms with Gasteiger partial charge in [0.2, 0.25) is 0 Å². The van der Waals surface area contributed by atoms with E-state index in [4.69, 9.17) is 11.6 Å². The van der Waals surface area contributed by atoms with E-state index in [-0.39, 0.29) is 22.1 Å². The predicted octanol–water partition coefficient (Wildman–Crippen LogP) is 4.66. The number of hydrogen-bond donors (Lipinski definition) is 2. The molecule has 0 bridgehead atoms. The smallest absolute Gasteiger partial charge is 0.337 e. The number of anilines is 3. The van der Waals surface area contributed by atoms with Crippen molar-refractivity contribution in [1.29, 1.82) is 0 Å². The fraction of sp³-hybridized carbons (Fsp3) is 0.0500. The maximum Gasteiger partial charge on any atom is 0.337 e. The van der Waals surface area contributed by atoms with Crippen LogP contribution in [0.4, 0.5) is 21.6 Å². The summed E-state index contributed by atoms with van der Waals surface area (Å²) in [6, 6.07) is 13.3. The average Bonchev–Trinajstić information content (AvgIpc) is 2.69. The van der Waals surface area contributed by atoms with Gasteiger partial charge in [-0.1, -0.05) is 17.7 Å². The highest BCUT2D eigenvalue weighted by atomic mass is 35.5. The van der Waals surface area contributed by atoms with Gasteiger partial charge < -0.3 is 15.4 Å². The lowest BCUT2D eigenvalue weighted by Crippen LogP contribution is -2.13. The molecule has 0 saturated carbocycles. The molecular weight excluding hydrogens is 385 g/mol.